The van der Waals surface area contributed by atoms with E-state index in [4.69, 9.17) is 0 Å². The molecule has 2 heteroatoms. The summed E-state index contributed by atoms with van der Waals surface area (Å²) in [4.78, 5) is 11.0. The Morgan fingerprint density at radius 1 is 1.46 bits per heavy atom. The highest BCUT2D eigenvalue weighted by Gasteiger charge is 2.06. The third-order valence-electron chi connectivity index (χ3n) is 2.19. The van der Waals surface area contributed by atoms with Gasteiger partial charge in [-0.1, -0.05) is 19.9 Å². The van der Waals surface area contributed by atoms with Gasteiger partial charge in [-0.05, 0) is 25.7 Å². The molecule has 0 aromatic rings. The van der Waals surface area contributed by atoms with E-state index in [1.165, 1.54) is 0 Å². The molecule has 0 saturated carbocycles. The molecule has 0 fully saturated rings. The summed E-state index contributed by atoms with van der Waals surface area (Å²) in [6.45, 7) is 9.78. The van der Waals surface area contributed by atoms with Gasteiger partial charge in [-0.2, -0.15) is 0 Å². The van der Waals surface area contributed by atoms with E-state index in [1.54, 1.807) is 0 Å². The monoisotopic (exact) mass is 183 g/mol. The van der Waals surface area contributed by atoms with E-state index in [2.05, 4.69) is 18.8 Å². The average Bonchev–Trinajstić information content (AvgIpc) is 2.13. The minimum absolute atomic E-state index is 0.138. The van der Waals surface area contributed by atoms with Crippen LogP contribution in [-0.2, 0) is 4.79 Å². The maximum Gasteiger partial charge on any atom is 0.219 e. The molecular weight excluding hydrogens is 162 g/mol. The molecular formula is C11H21NO. The van der Waals surface area contributed by atoms with Crippen LogP contribution in [0.3, 0.4) is 0 Å². The number of carbonyl (C=O) groups is 1. The van der Waals surface area contributed by atoms with Gasteiger partial charge >= 0.3 is 0 Å². The van der Waals surface area contributed by atoms with E-state index in [-0.39, 0.29) is 11.9 Å². The first kappa shape index (κ1) is 12.2. The highest BCUT2D eigenvalue weighted by molar-refractivity contribution is 5.75. The third kappa shape index (κ3) is 6.38. The number of allylic oxidation sites excluding steroid dienone is 1. The molecule has 0 saturated heterocycles. The lowest BCUT2D eigenvalue weighted by molar-refractivity contribution is -0.121. The summed E-state index contributed by atoms with van der Waals surface area (Å²) >= 11 is 0. The van der Waals surface area contributed by atoms with Crippen molar-refractivity contribution in [3.05, 3.63) is 12.7 Å². The van der Waals surface area contributed by atoms with Crippen molar-refractivity contribution in [2.45, 2.75) is 46.1 Å². The second kappa shape index (κ2) is 6.70. The molecule has 2 nitrogen and oxygen atoms in total. The smallest absolute Gasteiger partial charge is 0.219 e. The first-order valence-corrected chi connectivity index (χ1v) is 5.02. The zero-order chi connectivity index (χ0) is 10.3. The SMILES string of the molecule is C=CC(C)CCC(C)NC(=O)CC. The van der Waals surface area contributed by atoms with Crippen LogP contribution in [0.5, 0.6) is 0 Å². The van der Waals surface area contributed by atoms with Crippen molar-refractivity contribution in [1.82, 2.24) is 5.32 Å². The van der Waals surface area contributed by atoms with Crippen molar-refractivity contribution in [3.8, 4) is 0 Å². The third-order valence-corrected chi connectivity index (χ3v) is 2.19. The molecule has 0 aromatic heterocycles. The second-order valence-electron chi connectivity index (χ2n) is 3.61. The average molecular weight is 183 g/mol. The van der Waals surface area contributed by atoms with E-state index in [0.29, 0.717) is 12.3 Å². The Bertz CT molecular complexity index is 165. The predicted octanol–water partition coefficient (Wildman–Crippen LogP) is 2.50. The van der Waals surface area contributed by atoms with Crippen molar-refractivity contribution in [3.63, 3.8) is 0 Å². The van der Waals surface area contributed by atoms with Gasteiger partial charge in [0.1, 0.15) is 0 Å². The highest BCUT2D eigenvalue weighted by Crippen LogP contribution is 2.08. The van der Waals surface area contributed by atoms with E-state index in [0.717, 1.165) is 12.8 Å². The minimum atomic E-state index is 0.138. The Hall–Kier alpha value is -0.790. The fourth-order valence-corrected chi connectivity index (χ4v) is 1.08. The maximum absolute atomic E-state index is 11.0. The number of nitrogens with one attached hydrogen (secondary N) is 1. The zero-order valence-electron chi connectivity index (χ0n) is 8.97. The lowest BCUT2D eigenvalue weighted by atomic mass is 10.0. The van der Waals surface area contributed by atoms with Crippen LogP contribution in [0.1, 0.15) is 40.0 Å². The van der Waals surface area contributed by atoms with Crippen LogP contribution in [0.25, 0.3) is 0 Å². The zero-order valence-corrected chi connectivity index (χ0v) is 8.97. The van der Waals surface area contributed by atoms with Gasteiger partial charge in [0.15, 0.2) is 0 Å². The lowest BCUT2D eigenvalue weighted by Crippen LogP contribution is -2.32. The van der Waals surface area contributed by atoms with Gasteiger partial charge in [0.2, 0.25) is 5.91 Å². The van der Waals surface area contributed by atoms with Gasteiger partial charge in [0, 0.05) is 12.5 Å². The Balaban J connectivity index is 3.56. The van der Waals surface area contributed by atoms with Gasteiger partial charge in [-0.25, -0.2) is 0 Å². The van der Waals surface area contributed by atoms with Gasteiger partial charge < -0.3 is 5.32 Å². The Labute approximate surface area is 81.4 Å². The van der Waals surface area contributed by atoms with Gasteiger partial charge in [-0.3, -0.25) is 4.79 Å². The van der Waals surface area contributed by atoms with Crippen LogP contribution in [-0.4, -0.2) is 11.9 Å². The largest absolute Gasteiger partial charge is 0.354 e. The van der Waals surface area contributed by atoms with Crippen LogP contribution >= 0.6 is 0 Å². The highest BCUT2D eigenvalue weighted by atomic mass is 16.1. The van der Waals surface area contributed by atoms with Crippen molar-refractivity contribution < 1.29 is 4.79 Å². The van der Waals surface area contributed by atoms with Crippen LogP contribution < -0.4 is 5.32 Å². The normalized spacial score (nSPS) is 14.7. The molecule has 2 unspecified atom stereocenters. The standard InChI is InChI=1S/C11H21NO/c1-5-9(3)7-8-10(4)12-11(13)6-2/h5,9-10H,1,6-8H2,2-4H3,(H,12,13). The first-order chi connectivity index (χ1) is 6.10. The van der Waals surface area contributed by atoms with Crippen molar-refractivity contribution in [1.29, 1.82) is 0 Å². The number of carbonyl (C=O) groups excluding carboxylic acids is 1. The second-order valence-corrected chi connectivity index (χ2v) is 3.61. The number of amides is 1. The summed E-state index contributed by atoms with van der Waals surface area (Å²) in [5.74, 6) is 0.680. The van der Waals surface area contributed by atoms with Crippen LogP contribution in [0.2, 0.25) is 0 Å². The van der Waals surface area contributed by atoms with Crippen molar-refractivity contribution >= 4 is 5.91 Å². The summed E-state index contributed by atoms with van der Waals surface area (Å²) in [6.07, 6.45) is 4.64. The Morgan fingerprint density at radius 2 is 2.08 bits per heavy atom. The molecule has 1 amide bonds. The summed E-state index contributed by atoms with van der Waals surface area (Å²) < 4.78 is 0. The van der Waals surface area contributed by atoms with E-state index >= 15 is 0 Å². The molecule has 0 aliphatic rings. The van der Waals surface area contributed by atoms with Crippen LogP contribution in [0, 0.1) is 5.92 Å². The van der Waals surface area contributed by atoms with Gasteiger partial charge in [-0.15, -0.1) is 6.58 Å². The van der Waals surface area contributed by atoms with Crippen LogP contribution in [0.15, 0.2) is 12.7 Å². The quantitative estimate of drug-likeness (QED) is 0.630. The number of hydrogen-bond acceptors (Lipinski definition) is 1. The summed E-state index contributed by atoms with van der Waals surface area (Å²) in [6, 6.07) is 0.287. The van der Waals surface area contributed by atoms with E-state index in [9.17, 15) is 4.79 Å². The number of rotatable bonds is 6. The molecule has 0 heterocycles. The molecule has 0 bridgehead atoms. The molecule has 0 spiro atoms. The summed E-state index contributed by atoms with van der Waals surface area (Å²) in [7, 11) is 0. The molecule has 0 aliphatic heterocycles. The topological polar surface area (TPSA) is 29.1 Å². The molecule has 0 aliphatic carbocycles. The van der Waals surface area contributed by atoms with Crippen molar-refractivity contribution in [2.75, 3.05) is 0 Å². The molecule has 2 atom stereocenters. The fraction of sp³-hybridized carbons (Fsp3) is 0.727. The first-order valence-electron chi connectivity index (χ1n) is 5.02. The van der Waals surface area contributed by atoms with Crippen LogP contribution in [0.4, 0.5) is 0 Å². The summed E-state index contributed by atoms with van der Waals surface area (Å²) in [5.41, 5.74) is 0. The van der Waals surface area contributed by atoms with E-state index < -0.39 is 0 Å². The Morgan fingerprint density at radius 3 is 2.54 bits per heavy atom. The molecule has 1 N–H and O–H groups in total. The van der Waals surface area contributed by atoms with Crippen molar-refractivity contribution in [2.24, 2.45) is 5.92 Å². The molecule has 76 valence electrons. The van der Waals surface area contributed by atoms with Gasteiger partial charge in [0.25, 0.3) is 0 Å². The van der Waals surface area contributed by atoms with Gasteiger partial charge in [0.05, 0.1) is 0 Å². The molecule has 0 rings (SSSR count). The molecule has 13 heavy (non-hydrogen) atoms. The molecule has 0 radical (unpaired) electrons. The number of hydrogen-bond donors (Lipinski definition) is 1. The fourth-order valence-electron chi connectivity index (χ4n) is 1.08. The predicted molar refractivity (Wildman–Crippen MR) is 56.5 cm³/mol. The lowest BCUT2D eigenvalue weighted by Gasteiger charge is -2.14. The minimum Gasteiger partial charge on any atom is -0.354 e. The maximum atomic E-state index is 11.0. The summed E-state index contributed by atoms with van der Waals surface area (Å²) in [5, 5.41) is 2.94. The molecule has 0 aromatic carbocycles. The Kier molecular flexibility index (Phi) is 6.29. The van der Waals surface area contributed by atoms with E-state index in [1.807, 2.05) is 19.9 Å².